The number of carbonyl (C=O) groups excluding carboxylic acids is 1. The van der Waals surface area contributed by atoms with Gasteiger partial charge < -0.3 is 14.1 Å². The Hall–Kier alpha value is -3.12. The van der Waals surface area contributed by atoms with Crippen LogP contribution in [0.25, 0.3) is 0 Å². The minimum Gasteiger partial charge on any atom is -0.487 e. The second kappa shape index (κ2) is 8.32. The molecule has 0 spiro atoms. The van der Waals surface area contributed by atoms with Crippen LogP contribution in [0.5, 0.6) is 5.75 Å². The van der Waals surface area contributed by atoms with E-state index < -0.39 is 0 Å². The molecule has 154 valence electrons. The Morgan fingerprint density at radius 2 is 1.77 bits per heavy atom. The fourth-order valence-electron chi connectivity index (χ4n) is 4.57. The Morgan fingerprint density at radius 3 is 2.47 bits per heavy atom. The molecule has 0 bridgehead atoms. The molecule has 0 unspecified atom stereocenters. The van der Waals surface area contributed by atoms with Gasteiger partial charge in [-0.05, 0) is 54.8 Å². The van der Waals surface area contributed by atoms with E-state index in [-0.39, 0.29) is 18.1 Å². The molecule has 2 atom stereocenters. The van der Waals surface area contributed by atoms with Crippen molar-refractivity contribution < 1.29 is 13.9 Å². The molecule has 2 fully saturated rings. The van der Waals surface area contributed by atoms with Crippen LogP contribution in [0.2, 0.25) is 0 Å². The number of para-hydroxylation sites is 1. The zero-order valence-electron chi connectivity index (χ0n) is 16.8. The molecule has 4 heterocycles. The molecule has 0 N–H and O–H groups in total. The second-order valence-corrected chi connectivity index (χ2v) is 7.89. The average molecular weight is 403 g/mol. The lowest BCUT2D eigenvalue weighted by Gasteiger charge is -2.53. The molecule has 3 aromatic rings. The van der Waals surface area contributed by atoms with Crippen LogP contribution in [0.15, 0.2) is 77.7 Å². The summed E-state index contributed by atoms with van der Waals surface area (Å²) in [6, 6.07) is 18.3. The van der Waals surface area contributed by atoms with Crippen LogP contribution in [0, 0.1) is 0 Å². The summed E-state index contributed by atoms with van der Waals surface area (Å²) in [6.45, 7) is 2.38. The lowest BCUT2D eigenvalue weighted by molar-refractivity contribution is -0.0843. The van der Waals surface area contributed by atoms with E-state index >= 15 is 0 Å². The van der Waals surface area contributed by atoms with E-state index in [0.29, 0.717) is 11.8 Å². The molecule has 2 saturated heterocycles. The molecule has 6 nitrogen and oxygen atoms in total. The Morgan fingerprint density at radius 1 is 1.00 bits per heavy atom. The first-order chi connectivity index (χ1) is 14.8. The summed E-state index contributed by atoms with van der Waals surface area (Å²) in [5.74, 6) is 1.31. The van der Waals surface area contributed by atoms with Crippen molar-refractivity contribution in [1.82, 2.24) is 14.8 Å². The molecular formula is C24H25N3O3. The van der Waals surface area contributed by atoms with Crippen LogP contribution in [0.4, 0.5) is 0 Å². The molecule has 2 aromatic heterocycles. The fraction of sp³-hybridized carbons (Fsp3) is 0.333. The van der Waals surface area contributed by atoms with E-state index in [1.165, 1.54) is 5.56 Å². The van der Waals surface area contributed by atoms with E-state index in [9.17, 15) is 4.79 Å². The Labute approximate surface area is 176 Å². The van der Waals surface area contributed by atoms with E-state index in [0.717, 1.165) is 38.2 Å². The van der Waals surface area contributed by atoms with Crippen LogP contribution in [0.3, 0.4) is 0 Å². The maximum absolute atomic E-state index is 12.6. The van der Waals surface area contributed by atoms with Crippen molar-refractivity contribution in [2.45, 2.75) is 31.0 Å². The molecule has 6 heteroatoms. The summed E-state index contributed by atoms with van der Waals surface area (Å²) in [5.41, 5.74) is 1.23. The molecule has 30 heavy (non-hydrogen) atoms. The topological polar surface area (TPSA) is 58.8 Å². The highest BCUT2D eigenvalue weighted by Gasteiger charge is 2.46. The van der Waals surface area contributed by atoms with Crippen LogP contribution in [-0.2, 0) is 0 Å². The number of furan rings is 1. The highest BCUT2D eigenvalue weighted by atomic mass is 16.5. The largest absolute Gasteiger partial charge is 0.487 e. The molecule has 0 radical (unpaired) electrons. The predicted octanol–water partition coefficient (Wildman–Crippen LogP) is 3.78. The quantitative estimate of drug-likeness (QED) is 0.649. The van der Waals surface area contributed by atoms with Gasteiger partial charge in [-0.25, -0.2) is 0 Å². The SMILES string of the molecule is O=C(c1ccco1)N1CCC(N2C[C@H](Oc3ccccc3)[C@@H]2c2ccncc2)CC1. The summed E-state index contributed by atoms with van der Waals surface area (Å²) >= 11 is 0. The summed E-state index contributed by atoms with van der Waals surface area (Å²) in [5, 5.41) is 0. The number of benzene rings is 1. The van der Waals surface area contributed by atoms with Crippen LogP contribution in [0.1, 0.15) is 35.0 Å². The zero-order valence-corrected chi connectivity index (χ0v) is 16.8. The van der Waals surface area contributed by atoms with E-state index in [1.807, 2.05) is 47.6 Å². The van der Waals surface area contributed by atoms with Crippen molar-refractivity contribution >= 4 is 5.91 Å². The summed E-state index contributed by atoms with van der Waals surface area (Å²) in [6.07, 6.45) is 7.24. The van der Waals surface area contributed by atoms with Gasteiger partial charge in [0.05, 0.1) is 12.3 Å². The molecule has 1 amide bonds. The normalized spacial score (nSPS) is 22.5. The summed E-state index contributed by atoms with van der Waals surface area (Å²) < 4.78 is 11.6. The maximum atomic E-state index is 12.6. The van der Waals surface area contributed by atoms with Crippen LogP contribution >= 0.6 is 0 Å². The number of ether oxygens (including phenoxy) is 1. The van der Waals surface area contributed by atoms with E-state index in [4.69, 9.17) is 9.15 Å². The lowest BCUT2D eigenvalue weighted by atomic mass is 9.87. The molecule has 2 aliphatic heterocycles. The number of likely N-dealkylation sites (tertiary alicyclic amines) is 2. The third-order valence-electron chi connectivity index (χ3n) is 6.13. The first-order valence-corrected chi connectivity index (χ1v) is 10.5. The van der Waals surface area contributed by atoms with Crippen molar-refractivity contribution in [1.29, 1.82) is 0 Å². The van der Waals surface area contributed by atoms with Crippen LogP contribution < -0.4 is 4.74 Å². The Kier molecular flexibility index (Phi) is 5.24. The van der Waals surface area contributed by atoms with Gasteiger partial charge in [-0.2, -0.15) is 0 Å². The summed E-state index contributed by atoms with van der Waals surface area (Å²) in [7, 11) is 0. The average Bonchev–Trinajstić information content (AvgIpc) is 3.32. The molecule has 0 saturated carbocycles. The van der Waals surface area contributed by atoms with Crippen molar-refractivity contribution in [3.8, 4) is 5.75 Å². The number of carbonyl (C=O) groups is 1. The van der Waals surface area contributed by atoms with Gasteiger partial charge in [-0.15, -0.1) is 0 Å². The van der Waals surface area contributed by atoms with Gasteiger partial charge >= 0.3 is 0 Å². The molecule has 0 aliphatic carbocycles. The van der Waals surface area contributed by atoms with Crippen molar-refractivity contribution in [3.05, 3.63) is 84.6 Å². The fourth-order valence-corrected chi connectivity index (χ4v) is 4.57. The van der Waals surface area contributed by atoms with Gasteiger partial charge in [0.2, 0.25) is 0 Å². The number of aromatic nitrogens is 1. The molecule has 5 rings (SSSR count). The number of amides is 1. The number of piperidine rings is 1. The predicted molar refractivity (Wildman–Crippen MR) is 112 cm³/mol. The smallest absolute Gasteiger partial charge is 0.289 e. The number of pyridine rings is 1. The molecule has 1 aromatic carbocycles. The molecule has 2 aliphatic rings. The minimum atomic E-state index is -0.0157. The van der Waals surface area contributed by atoms with Crippen molar-refractivity contribution in [3.63, 3.8) is 0 Å². The first-order valence-electron chi connectivity index (χ1n) is 10.5. The number of rotatable bonds is 5. The van der Waals surface area contributed by atoms with Crippen LogP contribution in [-0.4, -0.2) is 52.5 Å². The van der Waals surface area contributed by atoms with Crippen molar-refractivity contribution in [2.75, 3.05) is 19.6 Å². The van der Waals surface area contributed by atoms with Gasteiger partial charge in [0, 0.05) is 38.1 Å². The highest BCUT2D eigenvalue weighted by Crippen LogP contribution is 2.40. The Balaban J connectivity index is 1.26. The minimum absolute atomic E-state index is 0.0157. The second-order valence-electron chi connectivity index (χ2n) is 7.89. The number of nitrogens with zero attached hydrogens (tertiary/aromatic N) is 3. The van der Waals surface area contributed by atoms with Gasteiger partial charge in [0.1, 0.15) is 11.9 Å². The van der Waals surface area contributed by atoms with Gasteiger partial charge in [-0.1, -0.05) is 18.2 Å². The maximum Gasteiger partial charge on any atom is 0.289 e. The van der Waals surface area contributed by atoms with Crippen molar-refractivity contribution in [2.24, 2.45) is 0 Å². The lowest BCUT2D eigenvalue weighted by Crippen LogP contribution is -2.61. The van der Waals surface area contributed by atoms with Gasteiger partial charge in [0.15, 0.2) is 5.76 Å². The highest BCUT2D eigenvalue weighted by molar-refractivity contribution is 5.91. The first kappa shape index (κ1) is 18.9. The standard InChI is InChI=1S/C24H25N3O3/c28-24(21-7-4-16-29-21)26-14-10-19(11-15-26)27-17-22(30-20-5-2-1-3-6-20)23(27)18-8-12-25-13-9-18/h1-9,12-13,16,19,22-23H,10-11,14-15,17H2/t22-,23-/m0/s1. The Bertz CT molecular complexity index is 954. The summed E-state index contributed by atoms with van der Waals surface area (Å²) in [4.78, 5) is 21.2. The zero-order chi connectivity index (χ0) is 20.3. The van der Waals surface area contributed by atoms with Gasteiger partial charge in [-0.3, -0.25) is 14.7 Å². The number of hydrogen-bond acceptors (Lipinski definition) is 5. The van der Waals surface area contributed by atoms with E-state index in [2.05, 4.69) is 22.0 Å². The third-order valence-corrected chi connectivity index (χ3v) is 6.13. The third kappa shape index (κ3) is 3.71. The van der Waals surface area contributed by atoms with Gasteiger partial charge in [0.25, 0.3) is 5.91 Å². The number of hydrogen-bond donors (Lipinski definition) is 0. The monoisotopic (exact) mass is 403 g/mol. The molecular weight excluding hydrogens is 378 g/mol. The van der Waals surface area contributed by atoms with E-state index in [1.54, 1.807) is 18.4 Å².